The monoisotopic (exact) mass is 483 g/mol. The van der Waals surface area contributed by atoms with E-state index >= 15 is 0 Å². The smallest absolute Gasteiger partial charge is 0.340 e. The van der Waals surface area contributed by atoms with Crippen molar-refractivity contribution in [2.24, 2.45) is 0 Å². The molecule has 0 saturated heterocycles. The summed E-state index contributed by atoms with van der Waals surface area (Å²) in [7, 11) is 2.88. The first kappa shape index (κ1) is 24.8. The summed E-state index contributed by atoms with van der Waals surface area (Å²) in [5, 5.41) is 0. The Morgan fingerprint density at radius 2 is 1.58 bits per heavy atom. The molecule has 0 bridgehead atoms. The maximum atomic E-state index is 13.6. The van der Waals surface area contributed by atoms with Crippen molar-refractivity contribution in [3.8, 4) is 11.5 Å². The predicted octanol–water partition coefficient (Wildman–Crippen LogP) is 5.77. The molecule has 6 heteroatoms. The number of hydrogen-bond acceptors (Lipinski definition) is 5. The zero-order valence-electron chi connectivity index (χ0n) is 21.1. The van der Waals surface area contributed by atoms with Crippen LogP contribution in [0.15, 0.2) is 83.6 Å². The van der Waals surface area contributed by atoms with Gasteiger partial charge in [-0.2, -0.15) is 0 Å². The number of benzene rings is 3. The molecular weight excluding hydrogens is 454 g/mol. The van der Waals surface area contributed by atoms with Crippen molar-refractivity contribution >= 4 is 23.6 Å². The van der Waals surface area contributed by atoms with Gasteiger partial charge in [-0.1, -0.05) is 42.5 Å². The number of methoxy groups -OCH3 is 2. The van der Waals surface area contributed by atoms with E-state index in [0.717, 1.165) is 16.7 Å². The van der Waals surface area contributed by atoms with E-state index in [1.807, 2.05) is 68.4 Å². The molecule has 1 aliphatic rings. The highest BCUT2D eigenvalue weighted by molar-refractivity contribution is 6.23. The van der Waals surface area contributed by atoms with Crippen LogP contribution in [-0.2, 0) is 20.9 Å². The number of allylic oxidation sites excluding steroid dienone is 1. The minimum atomic E-state index is -0.561. The third kappa shape index (κ3) is 5.03. The van der Waals surface area contributed by atoms with E-state index in [1.165, 1.54) is 7.11 Å². The van der Waals surface area contributed by atoms with E-state index in [4.69, 9.17) is 14.2 Å². The summed E-state index contributed by atoms with van der Waals surface area (Å²) in [5.74, 6) is 0.255. The van der Waals surface area contributed by atoms with E-state index in [1.54, 1.807) is 37.1 Å². The van der Waals surface area contributed by atoms with E-state index < -0.39 is 5.97 Å². The van der Waals surface area contributed by atoms with Crippen molar-refractivity contribution in [2.45, 2.75) is 27.4 Å². The molecule has 0 N–H and O–H groups in total. The van der Waals surface area contributed by atoms with Crippen molar-refractivity contribution < 1.29 is 23.8 Å². The highest BCUT2D eigenvalue weighted by Crippen LogP contribution is 2.37. The van der Waals surface area contributed by atoms with E-state index in [0.29, 0.717) is 35.1 Å². The second kappa shape index (κ2) is 10.5. The lowest BCUT2D eigenvalue weighted by molar-refractivity contribution is -0.136. The number of carbonyl (C=O) groups is 2. The lowest BCUT2D eigenvalue weighted by Gasteiger charge is -2.19. The molecule has 0 unspecified atom stereocenters. The number of rotatable bonds is 7. The number of nitrogens with zero attached hydrogens (tertiary/aromatic N) is 1. The van der Waals surface area contributed by atoms with E-state index in [-0.39, 0.29) is 17.1 Å². The van der Waals surface area contributed by atoms with Crippen molar-refractivity contribution in [1.29, 1.82) is 0 Å². The molecule has 0 spiro atoms. The topological polar surface area (TPSA) is 65.1 Å². The van der Waals surface area contributed by atoms with Crippen LogP contribution in [0.25, 0.3) is 6.08 Å². The Labute approximate surface area is 211 Å². The fourth-order valence-electron chi connectivity index (χ4n) is 4.37. The summed E-state index contributed by atoms with van der Waals surface area (Å²) in [6, 6.07) is 21.1. The number of ether oxygens (including phenoxy) is 3. The average Bonchev–Trinajstić information content (AvgIpc) is 3.11. The highest BCUT2D eigenvalue weighted by atomic mass is 16.5. The molecule has 0 atom stereocenters. The quantitative estimate of drug-likeness (QED) is 0.315. The fourth-order valence-corrected chi connectivity index (χ4v) is 4.37. The molecule has 1 amide bonds. The van der Waals surface area contributed by atoms with Gasteiger partial charge < -0.3 is 14.2 Å². The van der Waals surface area contributed by atoms with Gasteiger partial charge in [0.1, 0.15) is 6.61 Å². The number of carbonyl (C=O) groups excluding carboxylic acids is 2. The Balaban J connectivity index is 1.70. The van der Waals surface area contributed by atoms with Gasteiger partial charge in [-0.15, -0.1) is 0 Å². The molecule has 0 saturated carbocycles. The molecule has 1 aliphatic heterocycles. The second-order valence-electron chi connectivity index (χ2n) is 8.68. The average molecular weight is 484 g/mol. The number of anilines is 1. The highest BCUT2D eigenvalue weighted by Gasteiger charge is 2.38. The van der Waals surface area contributed by atoms with Gasteiger partial charge >= 0.3 is 5.97 Å². The first-order valence-corrected chi connectivity index (χ1v) is 11.6. The zero-order chi connectivity index (χ0) is 25.8. The first-order valence-electron chi connectivity index (χ1n) is 11.6. The summed E-state index contributed by atoms with van der Waals surface area (Å²) in [5.41, 5.74) is 5.52. The summed E-state index contributed by atoms with van der Waals surface area (Å²) in [6.45, 7) is 6.10. The molecule has 0 radical (unpaired) electrons. The zero-order valence-corrected chi connectivity index (χ0v) is 21.1. The standard InChI is InChI=1S/C30H29NO5/c1-19-13-20(2)15-24(14-19)31-21(3)28(30(33)35-5)25(29(31)32)16-23-11-12-26(27(17-23)34-4)36-18-22-9-7-6-8-10-22/h6-17H,18H2,1-5H3/b25-16-. The van der Waals surface area contributed by atoms with Gasteiger partial charge in [-0.3, -0.25) is 9.69 Å². The largest absolute Gasteiger partial charge is 0.493 e. The Morgan fingerprint density at radius 1 is 0.889 bits per heavy atom. The molecule has 0 aromatic heterocycles. The Kier molecular flexibility index (Phi) is 7.25. The lowest BCUT2D eigenvalue weighted by atomic mass is 10.0. The van der Waals surface area contributed by atoms with Crippen molar-refractivity contribution in [1.82, 2.24) is 0 Å². The third-order valence-corrected chi connectivity index (χ3v) is 5.99. The predicted molar refractivity (Wildman–Crippen MR) is 140 cm³/mol. The molecule has 0 aliphatic carbocycles. The molecule has 184 valence electrons. The van der Waals surface area contributed by atoms with Gasteiger partial charge in [0.25, 0.3) is 5.91 Å². The summed E-state index contributed by atoms with van der Waals surface area (Å²) in [6.07, 6.45) is 1.68. The molecule has 36 heavy (non-hydrogen) atoms. The van der Waals surface area contributed by atoms with Crippen LogP contribution in [-0.4, -0.2) is 26.1 Å². The molecule has 6 nitrogen and oxygen atoms in total. The maximum absolute atomic E-state index is 13.6. The molecule has 4 rings (SSSR count). The van der Waals surface area contributed by atoms with Gasteiger partial charge in [0, 0.05) is 11.4 Å². The number of amides is 1. The molecular formula is C30H29NO5. The number of aryl methyl sites for hydroxylation is 2. The van der Waals surface area contributed by atoms with Crippen LogP contribution in [0.4, 0.5) is 5.69 Å². The Morgan fingerprint density at radius 3 is 2.22 bits per heavy atom. The maximum Gasteiger partial charge on any atom is 0.340 e. The van der Waals surface area contributed by atoms with Gasteiger partial charge in [0.2, 0.25) is 0 Å². The number of esters is 1. The minimum Gasteiger partial charge on any atom is -0.493 e. The Hall–Kier alpha value is -4.32. The second-order valence-corrected chi connectivity index (χ2v) is 8.68. The van der Waals surface area contributed by atoms with Crippen LogP contribution in [0.5, 0.6) is 11.5 Å². The fraction of sp³-hybridized carbons (Fsp3) is 0.200. The van der Waals surface area contributed by atoms with Crippen molar-refractivity contribution in [3.63, 3.8) is 0 Å². The minimum absolute atomic E-state index is 0.241. The number of hydrogen-bond donors (Lipinski definition) is 0. The van der Waals surface area contributed by atoms with Gasteiger partial charge in [0.05, 0.1) is 25.4 Å². The molecule has 3 aromatic rings. The summed E-state index contributed by atoms with van der Waals surface area (Å²) < 4.78 is 16.5. The van der Waals surface area contributed by atoms with Crippen LogP contribution in [0.1, 0.15) is 29.2 Å². The van der Waals surface area contributed by atoms with Crippen molar-refractivity contribution in [2.75, 3.05) is 19.1 Å². The van der Waals surface area contributed by atoms with Gasteiger partial charge in [0.15, 0.2) is 11.5 Å². The molecule has 3 aromatic carbocycles. The van der Waals surface area contributed by atoms with Gasteiger partial charge in [-0.05, 0) is 73.4 Å². The lowest BCUT2D eigenvalue weighted by Crippen LogP contribution is -2.24. The SMILES string of the molecule is COC(=O)C1=C(C)N(c2cc(C)cc(C)c2)C(=O)/C1=C\c1ccc(OCc2ccccc2)c(OC)c1. The summed E-state index contributed by atoms with van der Waals surface area (Å²) in [4.78, 5) is 27.9. The van der Waals surface area contributed by atoms with Crippen LogP contribution in [0.3, 0.4) is 0 Å². The van der Waals surface area contributed by atoms with Crippen LogP contribution in [0.2, 0.25) is 0 Å². The van der Waals surface area contributed by atoms with Gasteiger partial charge in [-0.25, -0.2) is 4.79 Å². The summed E-state index contributed by atoms with van der Waals surface area (Å²) >= 11 is 0. The molecule has 0 fully saturated rings. The van der Waals surface area contributed by atoms with E-state index in [9.17, 15) is 9.59 Å². The van der Waals surface area contributed by atoms with Crippen LogP contribution >= 0.6 is 0 Å². The molecule has 1 heterocycles. The Bertz CT molecular complexity index is 1350. The normalized spacial score (nSPS) is 14.4. The van der Waals surface area contributed by atoms with Crippen molar-refractivity contribution in [3.05, 3.63) is 106 Å². The van der Waals surface area contributed by atoms with Crippen LogP contribution < -0.4 is 14.4 Å². The third-order valence-electron chi connectivity index (χ3n) is 5.99. The van der Waals surface area contributed by atoms with Crippen LogP contribution in [0, 0.1) is 13.8 Å². The first-order chi connectivity index (χ1) is 17.3. The van der Waals surface area contributed by atoms with E-state index in [2.05, 4.69) is 0 Å².